The smallest absolute Gasteiger partial charge is 0.119 e. The summed E-state index contributed by atoms with van der Waals surface area (Å²) in [6.45, 7) is 9.17. The van der Waals surface area contributed by atoms with Crippen molar-refractivity contribution in [2.24, 2.45) is 5.92 Å². The second-order valence-corrected chi connectivity index (χ2v) is 5.30. The fraction of sp³-hybridized carbons (Fsp3) is 0.647. The molecule has 0 spiro atoms. The monoisotopic (exact) mass is 279 g/mol. The Kier molecular flexibility index (Phi) is 8.31. The zero-order valence-corrected chi connectivity index (χ0v) is 13.3. The minimum atomic E-state index is 0.0874. The predicted octanol–water partition coefficient (Wildman–Crippen LogP) is 3.80. The van der Waals surface area contributed by atoms with E-state index in [4.69, 9.17) is 9.47 Å². The number of hydrogen-bond donors (Lipinski definition) is 1. The number of nitrogens with one attached hydrogen (secondary N) is 1. The van der Waals surface area contributed by atoms with Gasteiger partial charge in [-0.15, -0.1) is 0 Å². The number of likely N-dealkylation sites (N-methyl/N-ethyl adjacent to an activating group) is 1. The molecule has 0 heterocycles. The first-order chi connectivity index (χ1) is 9.71. The summed E-state index contributed by atoms with van der Waals surface area (Å²) in [7, 11) is 1.70. The molecule has 2 atom stereocenters. The van der Waals surface area contributed by atoms with Crippen molar-refractivity contribution in [2.45, 2.75) is 39.7 Å². The van der Waals surface area contributed by atoms with Crippen molar-refractivity contribution in [1.29, 1.82) is 0 Å². The van der Waals surface area contributed by atoms with Crippen LogP contribution in [0.5, 0.6) is 5.75 Å². The highest BCUT2D eigenvalue weighted by atomic mass is 16.5. The maximum atomic E-state index is 6.13. The van der Waals surface area contributed by atoms with E-state index in [0.29, 0.717) is 5.92 Å². The Morgan fingerprint density at radius 3 is 2.70 bits per heavy atom. The molecular weight excluding hydrogens is 250 g/mol. The molecule has 3 heteroatoms. The molecule has 0 aliphatic carbocycles. The van der Waals surface area contributed by atoms with Crippen LogP contribution in [0.4, 0.5) is 0 Å². The van der Waals surface area contributed by atoms with Crippen molar-refractivity contribution in [3.63, 3.8) is 0 Å². The molecule has 0 bridgehead atoms. The molecule has 1 aromatic rings. The van der Waals surface area contributed by atoms with Crippen molar-refractivity contribution in [1.82, 2.24) is 5.32 Å². The van der Waals surface area contributed by atoms with Crippen LogP contribution in [-0.4, -0.2) is 26.8 Å². The molecule has 114 valence electrons. The van der Waals surface area contributed by atoms with E-state index < -0.39 is 0 Å². The Bertz CT molecular complexity index is 368. The maximum absolute atomic E-state index is 6.13. The lowest BCUT2D eigenvalue weighted by Gasteiger charge is -2.21. The standard InChI is InChI=1S/C17H29NO2/c1-5-8-14(3)13-20-17(12-18-6-2)15-9-7-10-16(11-15)19-4/h7,9-11,14,17-18H,5-6,8,12-13H2,1-4H3. The van der Waals surface area contributed by atoms with E-state index in [9.17, 15) is 0 Å². The van der Waals surface area contributed by atoms with Crippen molar-refractivity contribution < 1.29 is 9.47 Å². The lowest BCUT2D eigenvalue weighted by molar-refractivity contribution is 0.0301. The molecule has 0 aliphatic heterocycles. The van der Waals surface area contributed by atoms with Crippen LogP contribution in [0.25, 0.3) is 0 Å². The van der Waals surface area contributed by atoms with E-state index >= 15 is 0 Å². The fourth-order valence-corrected chi connectivity index (χ4v) is 2.25. The van der Waals surface area contributed by atoms with Crippen LogP contribution in [0.2, 0.25) is 0 Å². The Balaban J connectivity index is 2.66. The van der Waals surface area contributed by atoms with E-state index in [1.165, 1.54) is 18.4 Å². The first-order valence-corrected chi connectivity index (χ1v) is 7.67. The number of ether oxygens (including phenoxy) is 2. The molecule has 0 radical (unpaired) electrons. The van der Waals surface area contributed by atoms with Gasteiger partial charge in [-0.25, -0.2) is 0 Å². The van der Waals surface area contributed by atoms with Crippen LogP contribution in [0, 0.1) is 5.92 Å². The van der Waals surface area contributed by atoms with E-state index in [-0.39, 0.29) is 6.10 Å². The van der Waals surface area contributed by atoms with Crippen molar-refractivity contribution in [3.05, 3.63) is 29.8 Å². The lowest BCUT2D eigenvalue weighted by Crippen LogP contribution is -2.24. The summed E-state index contributed by atoms with van der Waals surface area (Å²) in [6, 6.07) is 8.15. The third-order valence-corrected chi connectivity index (χ3v) is 3.41. The Hall–Kier alpha value is -1.06. The van der Waals surface area contributed by atoms with E-state index in [0.717, 1.165) is 25.4 Å². The van der Waals surface area contributed by atoms with Gasteiger partial charge in [0, 0.05) is 6.54 Å². The predicted molar refractivity (Wildman–Crippen MR) is 84.3 cm³/mol. The van der Waals surface area contributed by atoms with Gasteiger partial charge < -0.3 is 14.8 Å². The van der Waals surface area contributed by atoms with E-state index in [1.807, 2.05) is 12.1 Å². The second kappa shape index (κ2) is 9.78. The molecule has 1 rings (SSSR count). The molecule has 1 N–H and O–H groups in total. The van der Waals surface area contributed by atoms with E-state index in [1.54, 1.807) is 7.11 Å². The topological polar surface area (TPSA) is 30.5 Å². The molecule has 1 aromatic carbocycles. The molecule has 3 nitrogen and oxygen atoms in total. The van der Waals surface area contributed by atoms with Gasteiger partial charge in [-0.05, 0) is 36.6 Å². The molecule has 0 aliphatic rings. The SMILES string of the molecule is CCCC(C)COC(CNCC)c1cccc(OC)c1. The summed E-state index contributed by atoms with van der Waals surface area (Å²) >= 11 is 0. The minimum Gasteiger partial charge on any atom is -0.497 e. The highest BCUT2D eigenvalue weighted by Gasteiger charge is 2.14. The highest BCUT2D eigenvalue weighted by Crippen LogP contribution is 2.22. The molecule has 0 amide bonds. The van der Waals surface area contributed by atoms with Gasteiger partial charge in [0.05, 0.1) is 19.8 Å². The molecular formula is C17H29NO2. The van der Waals surface area contributed by atoms with Crippen LogP contribution >= 0.6 is 0 Å². The summed E-state index contributed by atoms with van der Waals surface area (Å²) in [4.78, 5) is 0. The number of methoxy groups -OCH3 is 1. The van der Waals surface area contributed by atoms with Crippen LogP contribution in [0.1, 0.15) is 45.3 Å². The van der Waals surface area contributed by atoms with Crippen LogP contribution in [0.3, 0.4) is 0 Å². The molecule has 0 saturated carbocycles. The number of rotatable bonds is 10. The average molecular weight is 279 g/mol. The Morgan fingerprint density at radius 1 is 1.25 bits per heavy atom. The summed E-state index contributed by atoms with van der Waals surface area (Å²) in [5.41, 5.74) is 1.17. The van der Waals surface area contributed by atoms with Gasteiger partial charge in [0.1, 0.15) is 5.75 Å². The quantitative estimate of drug-likeness (QED) is 0.706. The third kappa shape index (κ3) is 5.93. The van der Waals surface area contributed by atoms with Crippen LogP contribution in [-0.2, 0) is 4.74 Å². The van der Waals surface area contributed by atoms with Gasteiger partial charge in [0.2, 0.25) is 0 Å². The van der Waals surface area contributed by atoms with Gasteiger partial charge in [-0.3, -0.25) is 0 Å². The summed E-state index contributed by atoms with van der Waals surface area (Å²) in [5.74, 6) is 1.49. The summed E-state index contributed by atoms with van der Waals surface area (Å²) in [5, 5.41) is 3.37. The van der Waals surface area contributed by atoms with Crippen LogP contribution in [0.15, 0.2) is 24.3 Å². The van der Waals surface area contributed by atoms with Gasteiger partial charge >= 0.3 is 0 Å². The summed E-state index contributed by atoms with van der Waals surface area (Å²) < 4.78 is 11.4. The minimum absolute atomic E-state index is 0.0874. The zero-order chi connectivity index (χ0) is 14.8. The third-order valence-electron chi connectivity index (χ3n) is 3.41. The largest absolute Gasteiger partial charge is 0.497 e. The number of benzene rings is 1. The highest BCUT2D eigenvalue weighted by molar-refractivity contribution is 5.30. The second-order valence-electron chi connectivity index (χ2n) is 5.30. The normalized spacial score (nSPS) is 14.0. The van der Waals surface area contributed by atoms with Gasteiger partial charge in [-0.2, -0.15) is 0 Å². The Labute approximate surface area is 123 Å². The van der Waals surface area contributed by atoms with Crippen molar-refractivity contribution in [2.75, 3.05) is 26.8 Å². The number of hydrogen-bond acceptors (Lipinski definition) is 3. The van der Waals surface area contributed by atoms with Crippen molar-refractivity contribution in [3.8, 4) is 5.75 Å². The van der Waals surface area contributed by atoms with E-state index in [2.05, 4.69) is 38.2 Å². The molecule has 2 unspecified atom stereocenters. The first kappa shape index (κ1) is 17.0. The maximum Gasteiger partial charge on any atom is 0.119 e. The van der Waals surface area contributed by atoms with Gasteiger partial charge in [-0.1, -0.05) is 39.3 Å². The lowest BCUT2D eigenvalue weighted by atomic mass is 10.1. The van der Waals surface area contributed by atoms with Gasteiger partial charge in [0.25, 0.3) is 0 Å². The fourth-order valence-electron chi connectivity index (χ4n) is 2.25. The molecule has 0 fully saturated rings. The average Bonchev–Trinajstić information content (AvgIpc) is 2.47. The first-order valence-electron chi connectivity index (χ1n) is 7.67. The van der Waals surface area contributed by atoms with Gasteiger partial charge in [0.15, 0.2) is 0 Å². The van der Waals surface area contributed by atoms with Crippen LogP contribution < -0.4 is 10.1 Å². The molecule has 0 saturated heterocycles. The zero-order valence-electron chi connectivity index (χ0n) is 13.3. The van der Waals surface area contributed by atoms with Crippen molar-refractivity contribution >= 4 is 0 Å². The Morgan fingerprint density at radius 2 is 2.05 bits per heavy atom. The molecule has 20 heavy (non-hydrogen) atoms. The summed E-state index contributed by atoms with van der Waals surface area (Å²) in [6.07, 6.45) is 2.51. The molecule has 0 aromatic heterocycles.